The lowest BCUT2D eigenvalue weighted by Crippen LogP contribution is -2.29. The Morgan fingerprint density at radius 1 is 1.08 bits per heavy atom. The van der Waals surface area contributed by atoms with Gasteiger partial charge in [-0.2, -0.15) is 0 Å². The number of benzene rings is 2. The highest BCUT2D eigenvalue weighted by molar-refractivity contribution is 14.1. The van der Waals surface area contributed by atoms with Crippen LogP contribution in [0.5, 0.6) is 11.5 Å². The summed E-state index contributed by atoms with van der Waals surface area (Å²) < 4.78 is 12.5. The molecule has 0 radical (unpaired) electrons. The van der Waals surface area contributed by atoms with Gasteiger partial charge in [-0.3, -0.25) is 0 Å². The molecule has 0 bridgehead atoms. The summed E-state index contributed by atoms with van der Waals surface area (Å²) in [4.78, 5) is 0. The number of methoxy groups -OCH3 is 2. The number of para-hydroxylation sites is 1. The minimum Gasteiger partial charge on any atom is -0.493 e. The molecule has 0 amide bonds. The van der Waals surface area contributed by atoms with E-state index in [4.69, 9.17) is 9.47 Å². The molecule has 0 unspecified atom stereocenters. The molecule has 0 saturated heterocycles. The zero-order valence-corrected chi connectivity index (χ0v) is 15.9. The topological polar surface area (TPSA) is 30.5 Å². The van der Waals surface area contributed by atoms with Crippen LogP contribution in [0.25, 0.3) is 0 Å². The van der Waals surface area contributed by atoms with E-state index in [0.29, 0.717) is 11.8 Å². The molecule has 4 rings (SSSR count). The van der Waals surface area contributed by atoms with Crippen molar-refractivity contribution in [2.24, 2.45) is 5.92 Å². The molecular formula is C20H20INO2. The Morgan fingerprint density at radius 3 is 2.75 bits per heavy atom. The number of hydrogen-bond donors (Lipinski definition) is 1. The minimum atomic E-state index is 0.211. The fraction of sp³-hybridized carbons (Fsp3) is 0.300. The summed E-state index contributed by atoms with van der Waals surface area (Å²) in [6.45, 7) is 0. The third-order valence-electron chi connectivity index (χ3n) is 5.09. The Hall–Kier alpha value is -1.69. The first kappa shape index (κ1) is 15.8. The summed E-state index contributed by atoms with van der Waals surface area (Å²) in [6.07, 6.45) is 5.75. The summed E-state index contributed by atoms with van der Waals surface area (Å²) in [5.74, 6) is 2.57. The highest BCUT2D eigenvalue weighted by Gasteiger charge is 2.39. The van der Waals surface area contributed by atoms with Gasteiger partial charge in [0.15, 0.2) is 11.5 Å². The third-order valence-corrected chi connectivity index (χ3v) is 5.76. The van der Waals surface area contributed by atoms with Crippen LogP contribution in [-0.4, -0.2) is 14.2 Å². The van der Waals surface area contributed by atoms with Crippen molar-refractivity contribution < 1.29 is 9.47 Å². The quantitative estimate of drug-likeness (QED) is 0.538. The number of rotatable bonds is 3. The van der Waals surface area contributed by atoms with Crippen LogP contribution in [0.3, 0.4) is 0 Å². The van der Waals surface area contributed by atoms with Gasteiger partial charge in [-0.05, 0) is 64.8 Å². The van der Waals surface area contributed by atoms with Crippen molar-refractivity contribution in [1.29, 1.82) is 0 Å². The molecule has 0 fully saturated rings. The average Bonchev–Trinajstić information content (AvgIpc) is 3.10. The van der Waals surface area contributed by atoms with Gasteiger partial charge in [0, 0.05) is 20.7 Å². The monoisotopic (exact) mass is 433 g/mol. The van der Waals surface area contributed by atoms with Gasteiger partial charge < -0.3 is 14.8 Å². The maximum atomic E-state index is 5.69. The van der Waals surface area contributed by atoms with Crippen LogP contribution in [0.2, 0.25) is 0 Å². The standard InChI is InChI=1S/C20H20INO2/c1-23-18-8-4-7-15(20(18)24-2)19-14-6-3-5-13(14)16-11-12(21)9-10-17(16)22-19/h3-5,7-11,13-14,19,22H,6H2,1-2H3/t13-,14+,19-/m1/s1. The van der Waals surface area contributed by atoms with Crippen LogP contribution in [-0.2, 0) is 0 Å². The van der Waals surface area contributed by atoms with Crippen LogP contribution >= 0.6 is 22.6 Å². The second kappa shape index (κ2) is 6.31. The molecule has 0 aromatic heterocycles. The van der Waals surface area contributed by atoms with Crippen molar-refractivity contribution >= 4 is 28.3 Å². The summed E-state index contributed by atoms with van der Waals surface area (Å²) in [7, 11) is 3.40. The predicted octanol–water partition coefficient (Wildman–Crippen LogP) is 5.13. The molecule has 3 nitrogen and oxygen atoms in total. The SMILES string of the molecule is COc1cccc([C@@H]2Nc3ccc(I)cc3[C@@H]3C=CC[C@@H]32)c1OC. The molecule has 1 aliphatic heterocycles. The first-order valence-electron chi connectivity index (χ1n) is 8.16. The molecule has 124 valence electrons. The van der Waals surface area contributed by atoms with Crippen molar-refractivity contribution in [2.75, 3.05) is 19.5 Å². The summed E-state index contributed by atoms with van der Waals surface area (Å²) in [6, 6.07) is 13.0. The van der Waals surface area contributed by atoms with Gasteiger partial charge in [0.25, 0.3) is 0 Å². The molecule has 2 aliphatic rings. The molecule has 1 N–H and O–H groups in total. The second-order valence-corrected chi connectivity index (χ2v) is 7.54. The lowest BCUT2D eigenvalue weighted by Gasteiger charge is -2.38. The molecule has 0 saturated carbocycles. The molecule has 0 spiro atoms. The van der Waals surface area contributed by atoms with Crippen molar-refractivity contribution in [1.82, 2.24) is 0 Å². The van der Waals surface area contributed by atoms with E-state index in [1.807, 2.05) is 12.1 Å². The van der Waals surface area contributed by atoms with E-state index < -0.39 is 0 Å². The molecule has 2 aromatic carbocycles. The number of anilines is 1. The number of hydrogen-bond acceptors (Lipinski definition) is 3. The van der Waals surface area contributed by atoms with Crippen LogP contribution in [0.1, 0.15) is 29.5 Å². The van der Waals surface area contributed by atoms with Crippen LogP contribution in [0.4, 0.5) is 5.69 Å². The Morgan fingerprint density at radius 2 is 1.96 bits per heavy atom. The highest BCUT2D eigenvalue weighted by Crippen LogP contribution is 2.52. The largest absolute Gasteiger partial charge is 0.493 e. The van der Waals surface area contributed by atoms with Gasteiger partial charge in [0.1, 0.15) is 0 Å². The first-order valence-corrected chi connectivity index (χ1v) is 9.24. The Bertz CT molecular complexity index is 802. The van der Waals surface area contributed by atoms with Crippen molar-refractivity contribution in [3.63, 3.8) is 0 Å². The van der Waals surface area contributed by atoms with Gasteiger partial charge in [0.05, 0.1) is 20.3 Å². The van der Waals surface area contributed by atoms with Gasteiger partial charge >= 0.3 is 0 Å². The molecule has 1 heterocycles. The lowest BCUT2D eigenvalue weighted by molar-refractivity contribution is 0.341. The smallest absolute Gasteiger partial charge is 0.165 e. The Kier molecular flexibility index (Phi) is 4.16. The van der Waals surface area contributed by atoms with Crippen LogP contribution < -0.4 is 14.8 Å². The predicted molar refractivity (Wildman–Crippen MR) is 105 cm³/mol. The van der Waals surface area contributed by atoms with E-state index in [2.05, 4.69) is 64.3 Å². The fourth-order valence-corrected chi connectivity index (χ4v) is 4.55. The summed E-state index contributed by atoms with van der Waals surface area (Å²) in [5, 5.41) is 3.76. The van der Waals surface area contributed by atoms with E-state index in [0.717, 1.165) is 17.9 Å². The number of nitrogens with one attached hydrogen (secondary N) is 1. The van der Waals surface area contributed by atoms with Gasteiger partial charge in [0.2, 0.25) is 0 Å². The van der Waals surface area contributed by atoms with E-state index >= 15 is 0 Å². The maximum Gasteiger partial charge on any atom is 0.165 e. The van der Waals surface area contributed by atoms with Crippen LogP contribution in [0, 0.1) is 9.49 Å². The van der Waals surface area contributed by atoms with Gasteiger partial charge in [-0.25, -0.2) is 0 Å². The number of halogens is 1. The third kappa shape index (κ3) is 2.48. The summed E-state index contributed by atoms with van der Waals surface area (Å²) in [5.41, 5.74) is 3.79. The van der Waals surface area contributed by atoms with E-state index in [1.54, 1.807) is 14.2 Å². The van der Waals surface area contributed by atoms with E-state index in [-0.39, 0.29) is 6.04 Å². The minimum absolute atomic E-state index is 0.211. The van der Waals surface area contributed by atoms with E-state index in [1.165, 1.54) is 20.4 Å². The molecule has 3 atom stereocenters. The first-order chi connectivity index (χ1) is 11.7. The molecule has 1 aliphatic carbocycles. The van der Waals surface area contributed by atoms with Crippen LogP contribution in [0.15, 0.2) is 48.6 Å². The van der Waals surface area contributed by atoms with Gasteiger partial charge in [-0.1, -0.05) is 24.3 Å². The number of fused-ring (bicyclic) bond motifs is 3. The zero-order valence-electron chi connectivity index (χ0n) is 13.8. The summed E-state index contributed by atoms with van der Waals surface area (Å²) >= 11 is 2.39. The van der Waals surface area contributed by atoms with E-state index in [9.17, 15) is 0 Å². The fourth-order valence-electron chi connectivity index (χ4n) is 4.03. The van der Waals surface area contributed by atoms with Crippen molar-refractivity contribution in [2.45, 2.75) is 18.4 Å². The van der Waals surface area contributed by atoms with Crippen molar-refractivity contribution in [3.05, 3.63) is 63.2 Å². The normalized spacial score (nSPS) is 24.0. The maximum absolute atomic E-state index is 5.69. The molecular weight excluding hydrogens is 413 g/mol. The highest BCUT2D eigenvalue weighted by atomic mass is 127. The Labute approximate surface area is 156 Å². The number of ether oxygens (including phenoxy) is 2. The molecule has 4 heteroatoms. The van der Waals surface area contributed by atoms with Crippen molar-refractivity contribution in [3.8, 4) is 11.5 Å². The number of allylic oxidation sites excluding steroid dienone is 2. The van der Waals surface area contributed by atoms with Gasteiger partial charge in [-0.15, -0.1) is 0 Å². The molecule has 24 heavy (non-hydrogen) atoms. The molecule has 2 aromatic rings. The average molecular weight is 433 g/mol. The Balaban J connectivity index is 1.82. The lowest BCUT2D eigenvalue weighted by atomic mass is 9.77. The second-order valence-electron chi connectivity index (χ2n) is 6.29. The zero-order chi connectivity index (χ0) is 16.7.